The van der Waals surface area contributed by atoms with Gasteiger partial charge in [0.1, 0.15) is 17.0 Å². The third kappa shape index (κ3) is 6.96. The average Bonchev–Trinajstić information content (AvgIpc) is 3.35. The molecule has 0 spiro atoms. The Morgan fingerprint density at radius 3 is 2.61 bits per heavy atom. The Balaban J connectivity index is 1.52. The van der Waals surface area contributed by atoms with Crippen LogP contribution in [-0.4, -0.2) is 68.4 Å². The summed E-state index contributed by atoms with van der Waals surface area (Å²) in [7, 11) is 0. The maximum atomic E-state index is 13.7. The SMILES string of the molecule is CCCCCOc1ccc(C(=O)N(CCCN2CCOCC2)c2nc3c(OCC)cccc3s2)cc1. The lowest BCUT2D eigenvalue weighted by atomic mass is 10.2. The fourth-order valence-electron chi connectivity index (χ4n) is 4.25. The lowest BCUT2D eigenvalue weighted by Crippen LogP contribution is -2.39. The molecule has 0 unspecified atom stereocenters. The third-order valence-electron chi connectivity index (χ3n) is 6.22. The van der Waals surface area contributed by atoms with Crippen LogP contribution in [0.4, 0.5) is 5.13 Å². The Morgan fingerprint density at radius 1 is 1.06 bits per heavy atom. The maximum absolute atomic E-state index is 13.7. The number of carbonyl (C=O) groups is 1. The van der Waals surface area contributed by atoms with Crippen molar-refractivity contribution in [3.63, 3.8) is 0 Å². The van der Waals surface area contributed by atoms with Crippen molar-refractivity contribution in [3.8, 4) is 11.5 Å². The highest BCUT2D eigenvalue weighted by atomic mass is 32.1. The Labute approximate surface area is 218 Å². The molecule has 3 aromatic rings. The van der Waals surface area contributed by atoms with E-state index in [-0.39, 0.29) is 5.91 Å². The Kier molecular flexibility index (Phi) is 9.95. The fraction of sp³-hybridized carbons (Fsp3) is 0.500. The van der Waals surface area contributed by atoms with E-state index in [2.05, 4.69) is 11.8 Å². The van der Waals surface area contributed by atoms with Crippen LogP contribution >= 0.6 is 11.3 Å². The number of amides is 1. The number of hydrogen-bond acceptors (Lipinski definition) is 7. The molecule has 0 saturated carbocycles. The van der Waals surface area contributed by atoms with E-state index >= 15 is 0 Å². The van der Waals surface area contributed by atoms with Gasteiger partial charge in [0.25, 0.3) is 5.91 Å². The van der Waals surface area contributed by atoms with Gasteiger partial charge in [-0.1, -0.05) is 37.2 Å². The molecule has 1 aromatic heterocycles. The molecular formula is C28H37N3O4S. The molecule has 7 nitrogen and oxygen atoms in total. The molecule has 1 amide bonds. The van der Waals surface area contributed by atoms with E-state index in [0.717, 1.165) is 80.2 Å². The number of unbranched alkanes of at least 4 members (excludes halogenated alkanes) is 2. The van der Waals surface area contributed by atoms with Crippen molar-refractivity contribution < 1.29 is 19.0 Å². The average molecular weight is 512 g/mol. The first-order valence-corrected chi connectivity index (χ1v) is 13.9. The molecule has 1 aliphatic heterocycles. The van der Waals surface area contributed by atoms with Gasteiger partial charge in [0, 0.05) is 31.7 Å². The molecule has 2 aromatic carbocycles. The first-order valence-electron chi connectivity index (χ1n) is 13.1. The van der Waals surface area contributed by atoms with Gasteiger partial charge in [-0.2, -0.15) is 0 Å². The molecule has 1 saturated heterocycles. The van der Waals surface area contributed by atoms with Crippen molar-refractivity contribution in [2.24, 2.45) is 0 Å². The molecular weight excluding hydrogens is 474 g/mol. The summed E-state index contributed by atoms with van der Waals surface area (Å²) >= 11 is 1.53. The molecule has 0 radical (unpaired) electrons. The van der Waals surface area contributed by atoms with Crippen LogP contribution in [0.15, 0.2) is 42.5 Å². The predicted octanol–water partition coefficient (Wildman–Crippen LogP) is 5.63. The first-order chi connectivity index (χ1) is 17.7. The van der Waals surface area contributed by atoms with E-state index in [1.165, 1.54) is 11.3 Å². The van der Waals surface area contributed by atoms with Crippen LogP contribution in [0.5, 0.6) is 11.5 Å². The monoisotopic (exact) mass is 511 g/mol. The maximum Gasteiger partial charge on any atom is 0.260 e. The molecule has 4 rings (SSSR count). The zero-order valence-corrected chi connectivity index (χ0v) is 22.2. The van der Waals surface area contributed by atoms with E-state index in [1.807, 2.05) is 54.3 Å². The van der Waals surface area contributed by atoms with Crippen molar-refractivity contribution in [3.05, 3.63) is 48.0 Å². The summed E-state index contributed by atoms with van der Waals surface area (Å²) in [6.45, 7) is 10.3. The largest absolute Gasteiger partial charge is 0.494 e. The minimum absolute atomic E-state index is 0.0495. The van der Waals surface area contributed by atoms with Crippen LogP contribution in [0, 0.1) is 0 Å². The Morgan fingerprint density at radius 2 is 1.86 bits per heavy atom. The van der Waals surface area contributed by atoms with Gasteiger partial charge in [0.05, 0.1) is 31.1 Å². The second-order valence-electron chi connectivity index (χ2n) is 8.88. The number of nitrogens with zero attached hydrogens (tertiary/aromatic N) is 3. The number of thiazole rings is 1. The topological polar surface area (TPSA) is 64.1 Å². The highest BCUT2D eigenvalue weighted by Gasteiger charge is 2.23. The van der Waals surface area contributed by atoms with Gasteiger partial charge in [-0.3, -0.25) is 14.6 Å². The number of para-hydroxylation sites is 1. The van der Waals surface area contributed by atoms with E-state index in [0.29, 0.717) is 30.5 Å². The van der Waals surface area contributed by atoms with Crippen LogP contribution in [-0.2, 0) is 4.74 Å². The molecule has 1 aliphatic rings. The van der Waals surface area contributed by atoms with E-state index < -0.39 is 0 Å². The highest BCUT2D eigenvalue weighted by molar-refractivity contribution is 7.22. The van der Waals surface area contributed by atoms with Gasteiger partial charge >= 0.3 is 0 Å². The lowest BCUT2D eigenvalue weighted by molar-refractivity contribution is 0.0376. The minimum Gasteiger partial charge on any atom is -0.494 e. The van der Waals surface area contributed by atoms with Crippen molar-refractivity contribution >= 4 is 32.6 Å². The molecule has 0 atom stereocenters. The van der Waals surface area contributed by atoms with Crippen molar-refractivity contribution in [2.75, 3.05) is 57.5 Å². The number of rotatable bonds is 13. The number of fused-ring (bicyclic) bond motifs is 1. The molecule has 8 heteroatoms. The smallest absolute Gasteiger partial charge is 0.260 e. The minimum atomic E-state index is -0.0495. The summed E-state index contributed by atoms with van der Waals surface area (Å²) in [4.78, 5) is 22.8. The van der Waals surface area contributed by atoms with Crippen LogP contribution in [0.25, 0.3) is 10.2 Å². The Bertz CT molecular complexity index is 1100. The van der Waals surface area contributed by atoms with E-state index in [4.69, 9.17) is 19.2 Å². The van der Waals surface area contributed by atoms with Gasteiger partial charge < -0.3 is 14.2 Å². The van der Waals surface area contributed by atoms with Crippen molar-refractivity contribution in [2.45, 2.75) is 39.5 Å². The van der Waals surface area contributed by atoms with Crippen LogP contribution in [0.3, 0.4) is 0 Å². The van der Waals surface area contributed by atoms with E-state index in [1.54, 1.807) is 0 Å². The number of anilines is 1. The summed E-state index contributed by atoms with van der Waals surface area (Å²) in [5.74, 6) is 1.50. The summed E-state index contributed by atoms with van der Waals surface area (Å²) in [6.07, 6.45) is 4.22. The number of hydrogen-bond donors (Lipinski definition) is 0. The predicted molar refractivity (Wildman–Crippen MR) is 146 cm³/mol. The molecule has 36 heavy (non-hydrogen) atoms. The van der Waals surface area contributed by atoms with Gasteiger partial charge in [0.2, 0.25) is 0 Å². The number of aromatic nitrogens is 1. The highest BCUT2D eigenvalue weighted by Crippen LogP contribution is 2.35. The summed E-state index contributed by atoms with van der Waals surface area (Å²) in [5, 5.41) is 0.698. The molecule has 2 heterocycles. The summed E-state index contributed by atoms with van der Waals surface area (Å²) in [5.41, 5.74) is 1.44. The van der Waals surface area contributed by atoms with Gasteiger partial charge in [-0.15, -0.1) is 0 Å². The number of ether oxygens (including phenoxy) is 3. The standard InChI is InChI=1S/C28H37N3O4S/c1-3-5-6-19-35-23-13-11-22(12-14-23)27(32)31(16-8-15-30-17-20-33-21-18-30)28-29-26-24(34-4-2)9-7-10-25(26)36-28/h7,9-14H,3-6,8,15-21H2,1-2H3. The molecule has 0 N–H and O–H groups in total. The van der Waals surface area contributed by atoms with Gasteiger partial charge in [-0.25, -0.2) is 4.98 Å². The zero-order valence-electron chi connectivity index (χ0n) is 21.4. The molecule has 0 aliphatic carbocycles. The number of carbonyl (C=O) groups excluding carboxylic acids is 1. The number of morpholine rings is 1. The quantitative estimate of drug-likeness (QED) is 0.277. The third-order valence-corrected chi connectivity index (χ3v) is 7.27. The molecule has 194 valence electrons. The second-order valence-corrected chi connectivity index (χ2v) is 9.89. The zero-order chi connectivity index (χ0) is 25.2. The summed E-state index contributed by atoms with van der Waals surface area (Å²) < 4.78 is 18.1. The lowest BCUT2D eigenvalue weighted by Gasteiger charge is -2.27. The second kappa shape index (κ2) is 13.6. The van der Waals surface area contributed by atoms with Crippen LogP contribution < -0.4 is 14.4 Å². The molecule has 0 bridgehead atoms. The van der Waals surface area contributed by atoms with Crippen LogP contribution in [0.1, 0.15) is 49.9 Å². The fourth-order valence-corrected chi connectivity index (χ4v) is 5.26. The first kappa shape index (κ1) is 26.4. The van der Waals surface area contributed by atoms with Crippen molar-refractivity contribution in [1.82, 2.24) is 9.88 Å². The number of benzene rings is 2. The normalized spacial score (nSPS) is 14.2. The summed E-state index contributed by atoms with van der Waals surface area (Å²) in [6, 6.07) is 13.4. The Hall–Kier alpha value is -2.68. The van der Waals surface area contributed by atoms with Crippen LogP contribution in [0.2, 0.25) is 0 Å². The molecule has 1 fully saturated rings. The van der Waals surface area contributed by atoms with Crippen molar-refractivity contribution in [1.29, 1.82) is 0 Å². The van der Waals surface area contributed by atoms with Gasteiger partial charge in [-0.05, 0) is 56.2 Å². The van der Waals surface area contributed by atoms with Gasteiger partial charge in [0.15, 0.2) is 5.13 Å². The van der Waals surface area contributed by atoms with E-state index in [9.17, 15) is 4.79 Å².